The molecule has 18 heavy (non-hydrogen) atoms. The molecule has 94 valence electrons. The van der Waals surface area contributed by atoms with Gasteiger partial charge in [0.25, 0.3) is 0 Å². The second kappa shape index (κ2) is 6.05. The maximum Gasteiger partial charge on any atom is 0.157 e. The van der Waals surface area contributed by atoms with Crippen LogP contribution in [0.3, 0.4) is 0 Å². The molecule has 3 nitrogen and oxygen atoms in total. The fourth-order valence-electron chi connectivity index (χ4n) is 1.93. The molecule has 0 aliphatic heterocycles. The van der Waals surface area contributed by atoms with Crippen LogP contribution in [0, 0.1) is 0 Å². The second-order valence-corrected chi connectivity index (χ2v) is 4.39. The standard InChI is InChI=1S/C15H17NO2/c17-14-6-5-13(11-15(14)18)4-2-1-3-12-7-9-16-10-8-12/h5-11,17-18H,1-4H2. The van der Waals surface area contributed by atoms with E-state index in [0.29, 0.717) is 0 Å². The molecule has 2 N–H and O–H groups in total. The Balaban J connectivity index is 1.77. The minimum absolute atomic E-state index is 0.0402. The van der Waals surface area contributed by atoms with Gasteiger partial charge in [0, 0.05) is 12.4 Å². The first-order chi connectivity index (χ1) is 8.75. The summed E-state index contributed by atoms with van der Waals surface area (Å²) in [4.78, 5) is 3.99. The number of rotatable bonds is 5. The van der Waals surface area contributed by atoms with Gasteiger partial charge < -0.3 is 10.2 Å². The van der Waals surface area contributed by atoms with Crippen LogP contribution in [0.1, 0.15) is 24.0 Å². The number of benzene rings is 1. The zero-order chi connectivity index (χ0) is 12.8. The van der Waals surface area contributed by atoms with E-state index in [2.05, 4.69) is 4.98 Å². The normalized spacial score (nSPS) is 10.4. The molecule has 0 bridgehead atoms. The highest BCUT2D eigenvalue weighted by Gasteiger charge is 2.00. The summed E-state index contributed by atoms with van der Waals surface area (Å²) in [6, 6.07) is 9.08. The third kappa shape index (κ3) is 3.48. The van der Waals surface area contributed by atoms with Gasteiger partial charge in [0.2, 0.25) is 0 Å². The van der Waals surface area contributed by atoms with E-state index in [1.165, 1.54) is 11.6 Å². The summed E-state index contributed by atoms with van der Waals surface area (Å²) in [5.41, 5.74) is 2.36. The second-order valence-electron chi connectivity index (χ2n) is 4.39. The Morgan fingerprint density at radius 3 is 2.11 bits per heavy atom. The maximum absolute atomic E-state index is 9.38. The van der Waals surface area contributed by atoms with Crippen LogP contribution in [0.25, 0.3) is 0 Å². The lowest BCUT2D eigenvalue weighted by atomic mass is 10.0. The van der Waals surface area contributed by atoms with Crippen LogP contribution < -0.4 is 0 Å². The molecule has 0 amide bonds. The summed E-state index contributed by atoms with van der Waals surface area (Å²) in [6.07, 6.45) is 7.75. The van der Waals surface area contributed by atoms with Gasteiger partial charge in [0.05, 0.1) is 0 Å². The number of hydrogen-bond donors (Lipinski definition) is 2. The van der Waals surface area contributed by atoms with Crippen molar-refractivity contribution in [2.24, 2.45) is 0 Å². The summed E-state index contributed by atoms with van der Waals surface area (Å²) < 4.78 is 0. The minimum Gasteiger partial charge on any atom is -0.504 e. The zero-order valence-corrected chi connectivity index (χ0v) is 10.2. The molecule has 0 fully saturated rings. The summed E-state index contributed by atoms with van der Waals surface area (Å²) in [6.45, 7) is 0. The third-order valence-corrected chi connectivity index (χ3v) is 2.97. The first-order valence-electron chi connectivity index (χ1n) is 6.15. The fourth-order valence-corrected chi connectivity index (χ4v) is 1.93. The van der Waals surface area contributed by atoms with Crippen molar-refractivity contribution in [2.45, 2.75) is 25.7 Å². The molecule has 2 aromatic rings. The first-order valence-corrected chi connectivity index (χ1v) is 6.15. The van der Waals surface area contributed by atoms with E-state index in [4.69, 9.17) is 0 Å². The highest BCUT2D eigenvalue weighted by Crippen LogP contribution is 2.25. The van der Waals surface area contributed by atoms with Crippen LogP contribution in [0.2, 0.25) is 0 Å². The van der Waals surface area contributed by atoms with E-state index in [-0.39, 0.29) is 11.5 Å². The number of hydrogen-bond acceptors (Lipinski definition) is 3. The maximum atomic E-state index is 9.38. The molecule has 1 heterocycles. The number of unbranched alkanes of at least 4 members (excludes halogenated alkanes) is 1. The first kappa shape index (κ1) is 12.4. The molecule has 3 heteroatoms. The Labute approximate surface area is 107 Å². The summed E-state index contributed by atoms with van der Waals surface area (Å²) in [5.74, 6) is -0.0998. The van der Waals surface area contributed by atoms with Crippen LogP contribution in [0.4, 0.5) is 0 Å². The quantitative estimate of drug-likeness (QED) is 0.627. The van der Waals surface area contributed by atoms with E-state index >= 15 is 0 Å². The Morgan fingerprint density at radius 1 is 0.778 bits per heavy atom. The van der Waals surface area contributed by atoms with Crippen molar-refractivity contribution in [3.05, 3.63) is 53.9 Å². The van der Waals surface area contributed by atoms with Gasteiger partial charge in [-0.25, -0.2) is 0 Å². The summed E-state index contributed by atoms with van der Waals surface area (Å²) in [5, 5.41) is 18.6. The highest BCUT2D eigenvalue weighted by molar-refractivity contribution is 5.40. The lowest BCUT2D eigenvalue weighted by Gasteiger charge is -2.04. The van der Waals surface area contributed by atoms with Crippen molar-refractivity contribution in [3.63, 3.8) is 0 Å². The molecular formula is C15H17NO2. The van der Waals surface area contributed by atoms with Gasteiger partial charge in [0.1, 0.15) is 0 Å². The van der Waals surface area contributed by atoms with Gasteiger partial charge in [0.15, 0.2) is 11.5 Å². The van der Waals surface area contributed by atoms with E-state index in [9.17, 15) is 10.2 Å². The van der Waals surface area contributed by atoms with Crippen LogP contribution in [0.5, 0.6) is 11.5 Å². The number of aromatic hydroxyl groups is 2. The predicted molar refractivity (Wildman–Crippen MR) is 70.7 cm³/mol. The van der Waals surface area contributed by atoms with E-state index in [0.717, 1.165) is 31.2 Å². The molecule has 0 saturated heterocycles. The lowest BCUT2D eigenvalue weighted by molar-refractivity contribution is 0.403. The fraction of sp³-hybridized carbons (Fsp3) is 0.267. The number of pyridine rings is 1. The van der Waals surface area contributed by atoms with Crippen LogP contribution in [-0.2, 0) is 12.8 Å². The molecule has 2 rings (SSSR count). The van der Waals surface area contributed by atoms with Crippen LogP contribution >= 0.6 is 0 Å². The SMILES string of the molecule is Oc1ccc(CCCCc2ccncc2)cc1O. The van der Waals surface area contributed by atoms with Crippen molar-refractivity contribution < 1.29 is 10.2 Å². The Hall–Kier alpha value is -2.03. The smallest absolute Gasteiger partial charge is 0.157 e. The molecule has 0 saturated carbocycles. The molecule has 0 atom stereocenters. The molecular weight excluding hydrogens is 226 g/mol. The van der Waals surface area contributed by atoms with Gasteiger partial charge >= 0.3 is 0 Å². The van der Waals surface area contributed by atoms with Crippen molar-refractivity contribution in [2.75, 3.05) is 0 Å². The number of phenolic OH excluding ortho intramolecular Hbond substituents is 2. The van der Waals surface area contributed by atoms with Gasteiger partial charge in [-0.3, -0.25) is 4.98 Å². The van der Waals surface area contributed by atoms with E-state index in [1.54, 1.807) is 6.07 Å². The topological polar surface area (TPSA) is 53.4 Å². The van der Waals surface area contributed by atoms with Crippen LogP contribution in [0.15, 0.2) is 42.7 Å². The van der Waals surface area contributed by atoms with Crippen molar-refractivity contribution >= 4 is 0 Å². The Morgan fingerprint density at radius 2 is 1.44 bits per heavy atom. The molecule has 0 aliphatic rings. The van der Waals surface area contributed by atoms with Crippen LogP contribution in [-0.4, -0.2) is 15.2 Å². The molecule has 1 aromatic heterocycles. The van der Waals surface area contributed by atoms with Gasteiger partial charge in [-0.15, -0.1) is 0 Å². The monoisotopic (exact) mass is 243 g/mol. The van der Waals surface area contributed by atoms with Gasteiger partial charge in [-0.1, -0.05) is 6.07 Å². The van der Waals surface area contributed by atoms with Crippen molar-refractivity contribution in [1.82, 2.24) is 4.98 Å². The Kier molecular flexibility index (Phi) is 4.18. The number of phenols is 2. The average molecular weight is 243 g/mol. The van der Waals surface area contributed by atoms with Crippen molar-refractivity contribution in [3.8, 4) is 11.5 Å². The number of aryl methyl sites for hydroxylation is 2. The van der Waals surface area contributed by atoms with Gasteiger partial charge in [-0.2, -0.15) is 0 Å². The Bertz CT molecular complexity index is 497. The molecule has 0 aliphatic carbocycles. The molecule has 0 spiro atoms. The number of aromatic nitrogens is 1. The van der Waals surface area contributed by atoms with E-state index in [1.807, 2.05) is 30.6 Å². The molecule has 1 aromatic carbocycles. The lowest BCUT2D eigenvalue weighted by Crippen LogP contribution is -1.89. The van der Waals surface area contributed by atoms with E-state index < -0.39 is 0 Å². The number of nitrogens with zero attached hydrogens (tertiary/aromatic N) is 1. The summed E-state index contributed by atoms with van der Waals surface area (Å²) in [7, 11) is 0. The average Bonchev–Trinajstić information content (AvgIpc) is 2.40. The predicted octanol–water partition coefficient (Wildman–Crippen LogP) is 3.06. The minimum atomic E-state index is -0.0597. The van der Waals surface area contributed by atoms with Crippen molar-refractivity contribution in [1.29, 1.82) is 0 Å². The third-order valence-electron chi connectivity index (χ3n) is 2.97. The largest absolute Gasteiger partial charge is 0.504 e. The summed E-state index contributed by atoms with van der Waals surface area (Å²) >= 11 is 0. The zero-order valence-electron chi connectivity index (χ0n) is 10.2. The van der Waals surface area contributed by atoms with Gasteiger partial charge in [-0.05, 0) is 61.1 Å². The molecule has 0 radical (unpaired) electrons. The highest BCUT2D eigenvalue weighted by atomic mass is 16.3. The molecule has 0 unspecified atom stereocenters.